The molecule has 1 heterocycles. The van der Waals surface area contributed by atoms with Gasteiger partial charge in [0.25, 0.3) is 0 Å². The van der Waals surface area contributed by atoms with Crippen molar-refractivity contribution in [2.45, 2.75) is 38.8 Å². The van der Waals surface area contributed by atoms with Crippen LogP contribution in [0.15, 0.2) is 0 Å². The van der Waals surface area contributed by atoms with Crippen molar-refractivity contribution in [1.82, 2.24) is 4.90 Å². The first kappa shape index (κ1) is 18.7. The third kappa shape index (κ3) is 7.98. The van der Waals surface area contributed by atoms with Crippen molar-refractivity contribution < 1.29 is 27.9 Å². The highest BCUT2D eigenvalue weighted by molar-refractivity contribution is 5.76. The van der Waals surface area contributed by atoms with E-state index in [1.165, 1.54) is 19.4 Å². The number of primary amides is 1. The molecule has 5 nitrogen and oxygen atoms in total. The molecule has 0 radical (unpaired) electrons. The van der Waals surface area contributed by atoms with E-state index in [1.807, 2.05) is 0 Å². The van der Waals surface area contributed by atoms with Crippen molar-refractivity contribution in [3.8, 4) is 0 Å². The van der Waals surface area contributed by atoms with Gasteiger partial charge in [0.2, 0.25) is 5.91 Å². The Morgan fingerprint density at radius 1 is 1.30 bits per heavy atom. The van der Waals surface area contributed by atoms with Gasteiger partial charge in [-0.3, -0.25) is 4.79 Å². The lowest BCUT2D eigenvalue weighted by Gasteiger charge is -2.30. The number of likely N-dealkylation sites (tertiary alicyclic amines) is 1. The lowest BCUT2D eigenvalue weighted by molar-refractivity contribution is -0.192. The molecule has 0 unspecified atom stereocenters. The zero-order valence-corrected chi connectivity index (χ0v) is 11.4. The highest BCUT2D eigenvalue weighted by Crippen LogP contribution is 2.16. The van der Waals surface area contributed by atoms with E-state index in [0.717, 1.165) is 25.9 Å². The molecule has 0 aromatic carbocycles. The summed E-state index contributed by atoms with van der Waals surface area (Å²) in [5.74, 6) is -2.74. The second-order valence-corrected chi connectivity index (χ2v) is 4.67. The van der Waals surface area contributed by atoms with Crippen LogP contribution in [0.1, 0.15) is 32.6 Å². The number of nitrogens with two attached hydrogens (primary N) is 1. The van der Waals surface area contributed by atoms with Crippen molar-refractivity contribution in [2.24, 2.45) is 11.7 Å². The van der Waals surface area contributed by atoms with Crippen molar-refractivity contribution in [2.75, 3.05) is 19.6 Å². The minimum absolute atomic E-state index is 0.116. The van der Waals surface area contributed by atoms with E-state index >= 15 is 0 Å². The topological polar surface area (TPSA) is 83.6 Å². The molecule has 0 saturated carbocycles. The average Bonchev–Trinajstić information content (AvgIpc) is 2.36. The summed E-state index contributed by atoms with van der Waals surface area (Å²) in [6, 6.07) is 0. The molecular weight excluding hydrogens is 277 g/mol. The SMILES string of the molecule is CCCCN1CCC(C(N)=O)CC1.O=C(O)C(F)(F)F. The lowest BCUT2D eigenvalue weighted by Crippen LogP contribution is -2.38. The third-order valence-electron chi connectivity index (χ3n) is 3.06. The Labute approximate surface area is 115 Å². The third-order valence-corrected chi connectivity index (χ3v) is 3.06. The predicted octanol–water partition coefficient (Wildman–Crippen LogP) is 1.62. The number of carbonyl (C=O) groups excluding carboxylic acids is 1. The Kier molecular flexibility index (Phi) is 8.21. The Morgan fingerprint density at radius 3 is 2.05 bits per heavy atom. The van der Waals surface area contributed by atoms with Gasteiger partial charge in [0.15, 0.2) is 0 Å². The van der Waals surface area contributed by atoms with E-state index in [1.54, 1.807) is 0 Å². The van der Waals surface area contributed by atoms with Gasteiger partial charge in [-0.15, -0.1) is 0 Å². The zero-order chi connectivity index (χ0) is 15.8. The number of rotatable bonds is 4. The second kappa shape index (κ2) is 8.78. The molecule has 118 valence electrons. The second-order valence-electron chi connectivity index (χ2n) is 4.67. The molecule has 1 aliphatic heterocycles. The number of nitrogens with zero attached hydrogens (tertiary/aromatic N) is 1. The number of hydrogen-bond acceptors (Lipinski definition) is 3. The Hall–Kier alpha value is -1.31. The molecule has 1 saturated heterocycles. The Balaban J connectivity index is 0.000000441. The van der Waals surface area contributed by atoms with E-state index < -0.39 is 12.1 Å². The number of halogens is 3. The van der Waals surface area contributed by atoms with Crippen LogP contribution in [0.3, 0.4) is 0 Å². The summed E-state index contributed by atoms with van der Waals surface area (Å²) in [4.78, 5) is 22.2. The molecule has 0 aromatic rings. The quantitative estimate of drug-likeness (QED) is 0.826. The number of amides is 1. The van der Waals surface area contributed by atoms with Gasteiger partial charge in [0, 0.05) is 5.92 Å². The monoisotopic (exact) mass is 298 g/mol. The number of carboxylic acid groups (broad SMARTS) is 1. The van der Waals surface area contributed by atoms with E-state index in [2.05, 4.69) is 11.8 Å². The highest BCUT2D eigenvalue weighted by atomic mass is 19.4. The number of carboxylic acids is 1. The number of alkyl halides is 3. The molecule has 1 aliphatic rings. The van der Waals surface area contributed by atoms with Crippen molar-refractivity contribution in [3.63, 3.8) is 0 Å². The predicted molar refractivity (Wildman–Crippen MR) is 67.0 cm³/mol. The van der Waals surface area contributed by atoms with Gasteiger partial charge >= 0.3 is 12.1 Å². The number of hydrogen-bond donors (Lipinski definition) is 2. The first-order chi connectivity index (χ1) is 9.18. The highest BCUT2D eigenvalue weighted by Gasteiger charge is 2.38. The van der Waals surface area contributed by atoms with Crippen LogP contribution in [0.5, 0.6) is 0 Å². The minimum atomic E-state index is -5.08. The van der Waals surface area contributed by atoms with Crippen molar-refractivity contribution in [1.29, 1.82) is 0 Å². The van der Waals surface area contributed by atoms with Crippen molar-refractivity contribution in [3.05, 3.63) is 0 Å². The first-order valence-corrected chi connectivity index (χ1v) is 6.50. The molecular formula is C12H21F3N2O3. The standard InChI is InChI=1S/C10H20N2O.C2HF3O2/c1-2-3-6-12-7-4-9(5-8-12)10(11)13;3-2(4,5)1(6)7/h9H,2-8H2,1H3,(H2,11,13);(H,6,7). The van der Waals surface area contributed by atoms with Crippen LogP contribution in [0.4, 0.5) is 13.2 Å². The summed E-state index contributed by atoms with van der Waals surface area (Å²) in [5.41, 5.74) is 5.26. The molecule has 20 heavy (non-hydrogen) atoms. The molecule has 0 spiro atoms. The molecule has 0 bridgehead atoms. The van der Waals surface area contributed by atoms with Gasteiger partial charge in [0.1, 0.15) is 0 Å². The average molecular weight is 298 g/mol. The summed E-state index contributed by atoms with van der Waals surface area (Å²) < 4.78 is 31.7. The molecule has 0 aliphatic carbocycles. The molecule has 1 amide bonds. The Bertz CT molecular complexity index is 314. The molecule has 0 atom stereocenters. The van der Waals surface area contributed by atoms with Crippen LogP contribution in [-0.4, -0.2) is 47.7 Å². The van der Waals surface area contributed by atoms with Gasteiger partial charge < -0.3 is 15.7 Å². The Morgan fingerprint density at radius 2 is 1.75 bits per heavy atom. The summed E-state index contributed by atoms with van der Waals surface area (Å²) in [6.45, 7) is 5.49. The van der Waals surface area contributed by atoms with Gasteiger partial charge in [-0.25, -0.2) is 4.79 Å². The zero-order valence-electron chi connectivity index (χ0n) is 11.4. The number of carbonyl (C=O) groups is 2. The van der Waals surface area contributed by atoms with E-state index in [4.69, 9.17) is 15.6 Å². The molecule has 1 fully saturated rings. The smallest absolute Gasteiger partial charge is 0.475 e. The summed E-state index contributed by atoms with van der Waals surface area (Å²) in [7, 11) is 0. The normalized spacial score (nSPS) is 17.2. The molecule has 1 rings (SSSR count). The fourth-order valence-electron chi connectivity index (χ4n) is 1.82. The van der Waals surface area contributed by atoms with Crippen LogP contribution in [0.2, 0.25) is 0 Å². The summed E-state index contributed by atoms with van der Waals surface area (Å²) >= 11 is 0. The van der Waals surface area contributed by atoms with E-state index in [0.29, 0.717) is 0 Å². The van der Waals surface area contributed by atoms with Crippen molar-refractivity contribution >= 4 is 11.9 Å². The van der Waals surface area contributed by atoms with Crippen LogP contribution in [0.25, 0.3) is 0 Å². The summed E-state index contributed by atoms with van der Waals surface area (Å²) in [6.07, 6.45) is -0.658. The first-order valence-electron chi connectivity index (χ1n) is 6.50. The van der Waals surface area contributed by atoms with E-state index in [-0.39, 0.29) is 11.8 Å². The van der Waals surface area contributed by atoms with Gasteiger partial charge in [0.05, 0.1) is 0 Å². The molecule has 8 heteroatoms. The number of piperidine rings is 1. The van der Waals surface area contributed by atoms with Gasteiger partial charge in [-0.2, -0.15) is 13.2 Å². The fourth-order valence-corrected chi connectivity index (χ4v) is 1.82. The number of unbranched alkanes of at least 4 members (excludes halogenated alkanes) is 1. The van der Waals surface area contributed by atoms with Crippen LogP contribution in [-0.2, 0) is 9.59 Å². The molecule has 3 N–H and O–H groups in total. The van der Waals surface area contributed by atoms with E-state index in [9.17, 15) is 18.0 Å². The lowest BCUT2D eigenvalue weighted by atomic mass is 9.96. The fraction of sp³-hybridized carbons (Fsp3) is 0.833. The van der Waals surface area contributed by atoms with Gasteiger partial charge in [-0.1, -0.05) is 13.3 Å². The van der Waals surface area contributed by atoms with Gasteiger partial charge in [-0.05, 0) is 38.9 Å². The maximum atomic E-state index is 10.9. The molecule has 0 aromatic heterocycles. The minimum Gasteiger partial charge on any atom is -0.475 e. The van der Waals surface area contributed by atoms with Crippen LogP contribution < -0.4 is 5.73 Å². The number of aliphatic carboxylic acids is 1. The largest absolute Gasteiger partial charge is 0.490 e. The maximum Gasteiger partial charge on any atom is 0.490 e. The summed E-state index contributed by atoms with van der Waals surface area (Å²) in [5, 5.41) is 7.12. The van der Waals surface area contributed by atoms with Crippen LogP contribution >= 0.6 is 0 Å². The maximum absolute atomic E-state index is 10.9. The van der Waals surface area contributed by atoms with Crippen LogP contribution in [0, 0.1) is 5.92 Å².